The maximum Gasteiger partial charge on any atom is 0.160 e. The minimum absolute atomic E-state index is 0.0730. The molecule has 0 aromatic heterocycles. The van der Waals surface area contributed by atoms with Gasteiger partial charge in [-0.3, -0.25) is 0 Å². The van der Waals surface area contributed by atoms with E-state index in [1.54, 1.807) is 0 Å². The molecule has 6 heteroatoms. The predicted molar refractivity (Wildman–Crippen MR) is 94.3 cm³/mol. The van der Waals surface area contributed by atoms with E-state index in [9.17, 15) is 18.3 Å². The summed E-state index contributed by atoms with van der Waals surface area (Å²) < 4.78 is 51.0. The topological polar surface area (TPSA) is 38.7 Å². The molecule has 0 radical (unpaired) electrons. The van der Waals surface area contributed by atoms with Gasteiger partial charge >= 0.3 is 0 Å². The first-order valence-corrected chi connectivity index (χ1v) is 9.63. The zero-order valence-corrected chi connectivity index (χ0v) is 15.7. The van der Waals surface area contributed by atoms with Crippen molar-refractivity contribution in [2.24, 2.45) is 17.8 Å². The lowest BCUT2D eigenvalue weighted by molar-refractivity contribution is -0.228. The number of aliphatic hydroxyl groups is 1. The van der Waals surface area contributed by atoms with Crippen LogP contribution in [0.2, 0.25) is 0 Å². The van der Waals surface area contributed by atoms with E-state index in [2.05, 4.69) is 0 Å². The Morgan fingerprint density at radius 2 is 1.77 bits per heavy atom. The third-order valence-electron chi connectivity index (χ3n) is 5.47. The van der Waals surface area contributed by atoms with E-state index in [0.717, 1.165) is 39.0 Å². The first-order chi connectivity index (χ1) is 12.4. The summed E-state index contributed by atoms with van der Waals surface area (Å²) in [6, 6.07) is 0. The molecule has 3 unspecified atom stereocenters. The molecule has 0 bridgehead atoms. The molecule has 0 aromatic carbocycles. The van der Waals surface area contributed by atoms with Gasteiger partial charge in [-0.05, 0) is 44.9 Å². The van der Waals surface area contributed by atoms with Gasteiger partial charge in [0.05, 0.1) is 25.7 Å². The largest absolute Gasteiger partial charge is 0.393 e. The van der Waals surface area contributed by atoms with Crippen LogP contribution in [0.3, 0.4) is 0 Å². The van der Waals surface area contributed by atoms with Gasteiger partial charge in [-0.2, -0.15) is 0 Å². The number of ether oxygens (including phenoxy) is 2. The Morgan fingerprint density at radius 3 is 2.42 bits per heavy atom. The van der Waals surface area contributed by atoms with Gasteiger partial charge in [0, 0.05) is 11.8 Å². The number of hydrogen-bond acceptors (Lipinski definition) is 3. The van der Waals surface area contributed by atoms with Crippen LogP contribution in [0.1, 0.15) is 58.8 Å². The molecule has 1 aliphatic carbocycles. The lowest BCUT2D eigenvalue weighted by Crippen LogP contribution is -2.39. The van der Waals surface area contributed by atoms with Crippen molar-refractivity contribution in [3.8, 4) is 0 Å². The molecule has 26 heavy (non-hydrogen) atoms. The first kappa shape index (κ1) is 21.5. The predicted octanol–water partition coefficient (Wildman–Crippen LogP) is 5.36. The summed E-state index contributed by atoms with van der Waals surface area (Å²) in [5.41, 5.74) is 0. The number of hydrogen-bond donors (Lipinski definition) is 1. The fourth-order valence-corrected chi connectivity index (χ4v) is 3.68. The molecule has 1 N–H and O–H groups in total. The van der Waals surface area contributed by atoms with Crippen molar-refractivity contribution in [2.75, 3.05) is 13.2 Å². The van der Waals surface area contributed by atoms with Crippen LogP contribution >= 0.6 is 0 Å². The monoisotopic (exact) mass is 376 g/mol. The molecule has 2 rings (SSSR count). The van der Waals surface area contributed by atoms with E-state index in [1.165, 1.54) is 6.08 Å². The highest BCUT2D eigenvalue weighted by molar-refractivity contribution is 5.07. The minimum atomic E-state index is -1.08. The summed E-state index contributed by atoms with van der Waals surface area (Å²) in [4.78, 5) is 0. The SMILES string of the molecule is C/C(F)=C(/F)C/C(F)=C\CC(C)C1OCC(C2CCCC(O)CC2)CO1. The quantitative estimate of drug-likeness (QED) is 0.635. The van der Waals surface area contributed by atoms with Crippen LogP contribution in [0.4, 0.5) is 13.2 Å². The van der Waals surface area contributed by atoms with Gasteiger partial charge in [-0.25, -0.2) is 13.2 Å². The fourth-order valence-electron chi connectivity index (χ4n) is 3.68. The van der Waals surface area contributed by atoms with Gasteiger partial charge in [0.15, 0.2) is 6.29 Å². The van der Waals surface area contributed by atoms with Crippen molar-refractivity contribution in [1.82, 2.24) is 0 Å². The average molecular weight is 376 g/mol. The highest BCUT2D eigenvalue weighted by atomic mass is 19.2. The molecule has 0 amide bonds. The van der Waals surface area contributed by atoms with Crippen molar-refractivity contribution in [1.29, 1.82) is 0 Å². The zero-order valence-electron chi connectivity index (χ0n) is 15.7. The van der Waals surface area contributed by atoms with E-state index in [-0.39, 0.29) is 12.0 Å². The summed E-state index contributed by atoms with van der Waals surface area (Å²) in [6.45, 7) is 4.09. The van der Waals surface area contributed by atoms with Gasteiger partial charge < -0.3 is 14.6 Å². The molecule has 1 heterocycles. The summed E-state index contributed by atoms with van der Waals surface area (Å²) in [6.07, 6.45) is 5.24. The second kappa shape index (κ2) is 10.5. The average Bonchev–Trinajstić information content (AvgIpc) is 2.84. The lowest BCUT2D eigenvalue weighted by Gasteiger charge is -2.36. The molecule has 150 valence electrons. The maximum atomic E-state index is 13.6. The second-order valence-corrected chi connectivity index (χ2v) is 7.70. The zero-order chi connectivity index (χ0) is 19.1. The van der Waals surface area contributed by atoms with Crippen LogP contribution < -0.4 is 0 Å². The van der Waals surface area contributed by atoms with Crippen LogP contribution in [0.25, 0.3) is 0 Å². The number of halogens is 3. The Kier molecular flexibility index (Phi) is 8.64. The van der Waals surface area contributed by atoms with E-state index in [0.29, 0.717) is 31.5 Å². The van der Waals surface area contributed by atoms with Gasteiger partial charge in [-0.15, -0.1) is 0 Å². The molecule has 3 nitrogen and oxygen atoms in total. The van der Waals surface area contributed by atoms with Gasteiger partial charge in [-0.1, -0.05) is 19.4 Å². The molecule has 0 spiro atoms. The molecule has 2 fully saturated rings. The van der Waals surface area contributed by atoms with Crippen LogP contribution in [-0.2, 0) is 9.47 Å². The van der Waals surface area contributed by atoms with Crippen molar-refractivity contribution >= 4 is 0 Å². The van der Waals surface area contributed by atoms with Gasteiger partial charge in [0.1, 0.15) is 17.5 Å². The molecule has 1 aliphatic heterocycles. The van der Waals surface area contributed by atoms with Crippen molar-refractivity contribution in [3.63, 3.8) is 0 Å². The molecule has 1 saturated heterocycles. The van der Waals surface area contributed by atoms with Crippen molar-refractivity contribution < 1.29 is 27.8 Å². The molecule has 1 saturated carbocycles. The Hall–Kier alpha value is -0.850. The van der Waals surface area contributed by atoms with Crippen LogP contribution in [0.15, 0.2) is 23.6 Å². The Labute approximate surface area is 154 Å². The van der Waals surface area contributed by atoms with E-state index >= 15 is 0 Å². The maximum absolute atomic E-state index is 13.6. The molecule has 0 aromatic rings. The fraction of sp³-hybridized carbons (Fsp3) is 0.800. The Bertz CT molecular complexity index is 495. The van der Waals surface area contributed by atoms with Crippen LogP contribution in [0.5, 0.6) is 0 Å². The van der Waals surface area contributed by atoms with Gasteiger partial charge in [0.2, 0.25) is 0 Å². The van der Waals surface area contributed by atoms with Crippen LogP contribution in [-0.4, -0.2) is 30.7 Å². The summed E-state index contributed by atoms with van der Waals surface area (Å²) in [7, 11) is 0. The molecule has 2 aliphatic rings. The van der Waals surface area contributed by atoms with E-state index < -0.39 is 30.2 Å². The summed E-state index contributed by atoms with van der Waals surface area (Å²) >= 11 is 0. The van der Waals surface area contributed by atoms with E-state index in [4.69, 9.17) is 9.47 Å². The number of rotatable bonds is 6. The summed E-state index contributed by atoms with van der Waals surface area (Å²) in [5, 5.41) is 9.76. The lowest BCUT2D eigenvalue weighted by atomic mass is 9.86. The third-order valence-corrected chi connectivity index (χ3v) is 5.47. The smallest absolute Gasteiger partial charge is 0.160 e. The van der Waals surface area contributed by atoms with Gasteiger partial charge in [0.25, 0.3) is 0 Å². The Balaban J connectivity index is 1.75. The van der Waals surface area contributed by atoms with Crippen LogP contribution in [0, 0.1) is 17.8 Å². The highest BCUT2D eigenvalue weighted by Crippen LogP contribution is 2.33. The highest BCUT2D eigenvalue weighted by Gasteiger charge is 2.32. The minimum Gasteiger partial charge on any atom is -0.393 e. The Morgan fingerprint density at radius 1 is 1.08 bits per heavy atom. The normalized spacial score (nSPS) is 33.4. The first-order valence-electron chi connectivity index (χ1n) is 9.63. The number of allylic oxidation sites excluding steroid dienone is 4. The summed E-state index contributed by atoms with van der Waals surface area (Å²) in [5.74, 6) is -1.97. The van der Waals surface area contributed by atoms with Crippen molar-refractivity contribution in [3.05, 3.63) is 23.6 Å². The van der Waals surface area contributed by atoms with E-state index in [1.807, 2.05) is 6.92 Å². The third kappa shape index (κ3) is 6.71. The standard InChI is InChI=1S/C20H31F3O3/c1-13(6-8-17(22)10-19(23)14(2)21)20-25-11-16(12-26-20)15-4-3-5-18(24)9-7-15/h8,13,15-16,18,20,24H,3-7,9-12H2,1-2H3/b17-8+,19-14-. The molecule has 3 atom stereocenters. The number of aliphatic hydroxyl groups excluding tert-OH is 1. The second-order valence-electron chi connectivity index (χ2n) is 7.70. The molecular weight excluding hydrogens is 345 g/mol. The van der Waals surface area contributed by atoms with Crippen molar-refractivity contribution in [2.45, 2.75) is 71.2 Å². The molecular formula is C20H31F3O3.